The summed E-state index contributed by atoms with van der Waals surface area (Å²) in [6.45, 7) is 1.58. The van der Waals surface area contributed by atoms with Crippen molar-refractivity contribution in [1.29, 1.82) is 0 Å². The molecule has 2 aromatic heterocycles. The fourth-order valence-corrected chi connectivity index (χ4v) is 4.44. The molecule has 0 saturated carbocycles. The monoisotopic (exact) mass is 400 g/mol. The van der Waals surface area contributed by atoms with Crippen LogP contribution in [0.25, 0.3) is 5.65 Å². The van der Waals surface area contributed by atoms with E-state index in [-0.39, 0.29) is 5.91 Å². The predicted molar refractivity (Wildman–Crippen MR) is 108 cm³/mol. The van der Waals surface area contributed by atoms with Crippen LogP contribution in [0.1, 0.15) is 31.0 Å². The van der Waals surface area contributed by atoms with Crippen molar-refractivity contribution in [1.82, 2.24) is 19.5 Å². The van der Waals surface area contributed by atoms with Crippen molar-refractivity contribution in [3.63, 3.8) is 0 Å². The van der Waals surface area contributed by atoms with Gasteiger partial charge in [0.1, 0.15) is 5.82 Å². The molecule has 1 aliphatic heterocycles. The number of nitrogens with zero attached hydrogens (tertiary/aromatic N) is 4. The van der Waals surface area contributed by atoms with Crippen molar-refractivity contribution in [2.24, 2.45) is 0 Å². The second-order valence-corrected chi connectivity index (χ2v) is 8.30. The van der Waals surface area contributed by atoms with Gasteiger partial charge in [-0.15, -0.1) is 22.0 Å². The minimum absolute atomic E-state index is 0.237. The lowest BCUT2D eigenvalue weighted by molar-refractivity contribution is -0.131. The number of rotatable bonds is 5. The molecule has 1 amide bonds. The number of hydrogen-bond donors (Lipinski definition) is 0. The molecule has 0 unspecified atom stereocenters. The quantitative estimate of drug-likeness (QED) is 0.600. The fourth-order valence-electron chi connectivity index (χ4n) is 3.47. The van der Waals surface area contributed by atoms with Crippen LogP contribution in [0.5, 0.6) is 0 Å². The first kappa shape index (κ1) is 18.3. The minimum Gasteiger partial charge on any atom is -0.343 e. The fraction of sp³-hybridized carbons (Fsp3) is 0.350. The molecule has 0 aliphatic carbocycles. The maximum atomic E-state index is 12.5. The highest BCUT2D eigenvalue weighted by atomic mass is 35.5. The smallest absolute Gasteiger partial charge is 0.223 e. The van der Waals surface area contributed by atoms with Crippen LogP contribution in [0.2, 0.25) is 5.02 Å². The van der Waals surface area contributed by atoms with E-state index in [0.717, 1.165) is 53.1 Å². The lowest BCUT2D eigenvalue weighted by Crippen LogP contribution is -2.38. The van der Waals surface area contributed by atoms with Gasteiger partial charge in [0.2, 0.25) is 5.91 Å². The van der Waals surface area contributed by atoms with Crippen molar-refractivity contribution in [2.45, 2.75) is 30.1 Å². The molecule has 3 aromatic rings. The van der Waals surface area contributed by atoms with E-state index in [1.165, 1.54) is 0 Å². The van der Waals surface area contributed by atoms with Crippen LogP contribution in [-0.4, -0.2) is 44.2 Å². The van der Waals surface area contributed by atoms with E-state index in [9.17, 15) is 4.79 Å². The maximum Gasteiger partial charge on any atom is 0.223 e. The number of fused-ring (bicyclic) bond motifs is 1. The normalized spacial score (nSPS) is 15.4. The van der Waals surface area contributed by atoms with Crippen molar-refractivity contribution < 1.29 is 4.79 Å². The zero-order valence-corrected chi connectivity index (χ0v) is 16.5. The molecule has 1 aliphatic rings. The standard InChI is InChI=1S/C20H21ClN4OS/c21-16-4-6-17(7-5-16)27-14-10-19(26)24-12-8-15(9-13-24)20-23-22-18-3-1-2-11-25(18)20/h1-7,11,15H,8-10,12-14H2. The van der Waals surface area contributed by atoms with Gasteiger partial charge >= 0.3 is 0 Å². The van der Waals surface area contributed by atoms with E-state index in [1.807, 2.05) is 53.6 Å². The summed E-state index contributed by atoms with van der Waals surface area (Å²) < 4.78 is 2.06. The van der Waals surface area contributed by atoms with E-state index in [2.05, 4.69) is 14.6 Å². The Hall–Kier alpha value is -2.05. The first-order valence-corrected chi connectivity index (χ1v) is 10.5. The molecule has 1 saturated heterocycles. The van der Waals surface area contributed by atoms with Gasteiger partial charge in [-0.3, -0.25) is 9.20 Å². The molecule has 4 rings (SSSR count). The Morgan fingerprint density at radius 1 is 1.11 bits per heavy atom. The molecule has 140 valence electrons. The molecular formula is C20H21ClN4OS. The van der Waals surface area contributed by atoms with E-state index in [1.54, 1.807) is 11.8 Å². The molecular weight excluding hydrogens is 380 g/mol. The van der Waals surface area contributed by atoms with E-state index in [4.69, 9.17) is 11.6 Å². The number of pyridine rings is 1. The summed E-state index contributed by atoms with van der Waals surface area (Å²) in [6.07, 6.45) is 4.44. The van der Waals surface area contributed by atoms with Gasteiger partial charge in [-0.25, -0.2) is 0 Å². The summed E-state index contributed by atoms with van der Waals surface area (Å²) in [4.78, 5) is 15.6. The summed E-state index contributed by atoms with van der Waals surface area (Å²) in [5.41, 5.74) is 0.880. The number of amides is 1. The zero-order chi connectivity index (χ0) is 18.6. The van der Waals surface area contributed by atoms with Crippen LogP contribution in [-0.2, 0) is 4.79 Å². The third kappa shape index (κ3) is 4.28. The lowest BCUT2D eigenvalue weighted by Gasteiger charge is -2.31. The van der Waals surface area contributed by atoms with Crippen LogP contribution in [0, 0.1) is 0 Å². The van der Waals surface area contributed by atoms with Crippen LogP contribution in [0.4, 0.5) is 0 Å². The molecule has 1 fully saturated rings. The van der Waals surface area contributed by atoms with Crippen molar-refractivity contribution in [3.8, 4) is 0 Å². The van der Waals surface area contributed by atoms with E-state index in [0.29, 0.717) is 12.3 Å². The average Bonchev–Trinajstić information content (AvgIpc) is 3.14. The second-order valence-electron chi connectivity index (χ2n) is 6.69. The number of carbonyl (C=O) groups is 1. The zero-order valence-electron chi connectivity index (χ0n) is 14.9. The van der Waals surface area contributed by atoms with Gasteiger partial charge in [0.05, 0.1) is 0 Å². The van der Waals surface area contributed by atoms with Gasteiger partial charge < -0.3 is 4.90 Å². The SMILES string of the molecule is O=C(CCSc1ccc(Cl)cc1)N1CCC(c2nnc3ccccn23)CC1. The molecule has 7 heteroatoms. The number of aromatic nitrogens is 3. The highest BCUT2D eigenvalue weighted by Gasteiger charge is 2.26. The van der Waals surface area contributed by atoms with Crippen molar-refractivity contribution >= 4 is 34.9 Å². The van der Waals surface area contributed by atoms with E-state index >= 15 is 0 Å². The number of thioether (sulfide) groups is 1. The van der Waals surface area contributed by atoms with Crippen molar-refractivity contribution in [3.05, 3.63) is 59.5 Å². The van der Waals surface area contributed by atoms with Gasteiger partial charge in [-0.1, -0.05) is 17.7 Å². The number of piperidine rings is 1. The van der Waals surface area contributed by atoms with Crippen LogP contribution in [0.3, 0.4) is 0 Å². The lowest BCUT2D eigenvalue weighted by atomic mass is 9.96. The third-order valence-corrected chi connectivity index (χ3v) is 6.22. The Bertz CT molecular complexity index is 919. The highest BCUT2D eigenvalue weighted by molar-refractivity contribution is 7.99. The van der Waals surface area contributed by atoms with Gasteiger partial charge in [0.25, 0.3) is 0 Å². The van der Waals surface area contributed by atoms with Crippen molar-refractivity contribution in [2.75, 3.05) is 18.8 Å². The average molecular weight is 401 g/mol. The van der Waals surface area contributed by atoms with Crippen LogP contribution in [0.15, 0.2) is 53.6 Å². The molecule has 0 atom stereocenters. The number of likely N-dealkylation sites (tertiary alicyclic amines) is 1. The Kier molecular flexibility index (Phi) is 5.64. The van der Waals surface area contributed by atoms with Crippen LogP contribution >= 0.6 is 23.4 Å². The molecule has 0 radical (unpaired) electrons. The number of benzene rings is 1. The molecule has 0 N–H and O–H groups in total. The number of carbonyl (C=O) groups excluding carboxylic acids is 1. The summed E-state index contributed by atoms with van der Waals surface area (Å²) in [6, 6.07) is 13.7. The van der Waals surface area contributed by atoms with Gasteiger partial charge in [-0.2, -0.15) is 0 Å². The summed E-state index contributed by atoms with van der Waals surface area (Å²) in [5, 5.41) is 9.35. The number of halogens is 1. The summed E-state index contributed by atoms with van der Waals surface area (Å²) in [5.74, 6) is 2.39. The molecule has 3 heterocycles. The Labute approximate surface area is 167 Å². The second kappa shape index (κ2) is 8.31. The number of hydrogen-bond acceptors (Lipinski definition) is 4. The molecule has 5 nitrogen and oxygen atoms in total. The third-order valence-electron chi connectivity index (χ3n) is 4.95. The molecule has 0 spiro atoms. The Morgan fingerprint density at radius 3 is 2.67 bits per heavy atom. The first-order valence-electron chi connectivity index (χ1n) is 9.16. The minimum atomic E-state index is 0.237. The van der Waals surface area contributed by atoms with Crippen LogP contribution < -0.4 is 0 Å². The first-order chi connectivity index (χ1) is 13.2. The summed E-state index contributed by atoms with van der Waals surface area (Å²) in [7, 11) is 0. The Balaban J connectivity index is 1.27. The topological polar surface area (TPSA) is 50.5 Å². The van der Waals surface area contributed by atoms with Gasteiger partial charge in [-0.05, 0) is 49.2 Å². The maximum absolute atomic E-state index is 12.5. The van der Waals surface area contributed by atoms with Gasteiger partial charge in [0.15, 0.2) is 5.65 Å². The molecule has 1 aromatic carbocycles. The summed E-state index contributed by atoms with van der Waals surface area (Å²) >= 11 is 7.59. The van der Waals surface area contributed by atoms with E-state index < -0.39 is 0 Å². The van der Waals surface area contributed by atoms with Gasteiger partial charge in [0, 0.05) is 47.3 Å². The highest BCUT2D eigenvalue weighted by Crippen LogP contribution is 2.28. The predicted octanol–water partition coefficient (Wildman–Crippen LogP) is 4.27. The molecule has 0 bridgehead atoms. The largest absolute Gasteiger partial charge is 0.343 e. The Morgan fingerprint density at radius 2 is 1.89 bits per heavy atom. The molecule has 27 heavy (non-hydrogen) atoms.